The average Bonchev–Trinajstić information content (AvgIpc) is 2.89. The lowest BCUT2D eigenvalue weighted by molar-refractivity contribution is -0.124. The summed E-state index contributed by atoms with van der Waals surface area (Å²) < 4.78 is 11.3. The fraction of sp³-hybridized carbons (Fsp3) is 0.450. The topological polar surface area (TPSA) is 105 Å². The molecule has 1 saturated heterocycles. The van der Waals surface area contributed by atoms with Crippen LogP contribution in [0.3, 0.4) is 0 Å². The number of hydrogen-bond donors (Lipinski definition) is 2. The van der Waals surface area contributed by atoms with E-state index in [0.717, 1.165) is 6.42 Å². The van der Waals surface area contributed by atoms with Gasteiger partial charge in [0.2, 0.25) is 0 Å². The van der Waals surface area contributed by atoms with Crippen molar-refractivity contribution < 1.29 is 29.1 Å². The monoisotopic (exact) mass is 388 g/mol. The highest BCUT2D eigenvalue weighted by Crippen LogP contribution is 2.39. The molecular formula is C20H24N2O6. The third-order valence-electron chi connectivity index (χ3n) is 5.07. The summed E-state index contributed by atoms with van der Waals surface area (Å²) in [7, 11) is 0. The number of likely N-dealkylation sites (tertiary alicyclic amines) is 1. The van der Waals surface area contributed by atoms with Crippen molar-refractivity contribution in [1.82, 2.24) is 10.4 Å². The van der Waals surface area contributed by atoms with Gasteiger partial charge in [0.05, 0.1) is 18.6 Å². The molecule has 8 heteroatoms. The number of carbonyl (C=O) groups is 3. The predicted octanol–water partition coefficient (Wildman–Crippen LogP) is 2.55. The Balaban J connectivity index is 1.75. The lowest BCUT2D eigenvalue weighted by Gasteiger charge is -2.37. The Kier molecular flexibility index (Phi) is 5.99. The Morgan fingerprint density at radius 3 is 2.93 bits per heavy atom. The molecule has 2 heterocycles. The molecule has 150 valence electrons. The van der Waals surface area contributed by atoms with Gasteiger partial charge < -0.3 is 14.4 Å². The molecule has 28 heavy (non-hydrogen) atoms. The highest BCUT2D eigenvalue weighted by atomic mass is 16.6. The maximum absolute atomic E-state index is 12.8. The summed E-state index contributed by atoms with van der Waals surface area (Å²) in [6, 6.07) is 5.14. The number of nitrogens with zero attached hydrogens (tertiary/aromatic N) is 1. The summed E-state index contributed by atoms with van der Waals surface area (Å²) in [4.78, 5) is 37.6. The normalized spacial score (nSPS) is 21.8. The van der Waals surface area contributed by atoms with Gasteiger partial charge in [-0.15, -0.1) is 0 Å². The van der Waals surface area contributed by atoms with Gasteiger partial charge in [-0.05, 0) is 43.5 Å². The van der Waals surface area contributed by atoms with Crippen molar-refractivity contribution in [2.45, 2.75) is 38.2 Å². The number of amides is 2. The lowest BCUT2D eigenvalue weighted by atomic mass is 9.84. The zero-order valence-corrected chi connectivity index (χ0v) is 15.8. The third-order valence-corrected chi connectivity index (χ3v) is 5.07. The minimum Gasteiger partial charge on any atom is -0.486 e. The van der Waals surface area contributed by atoms with Crippen molar-refractivity contribution in [2.24, 2.45) is 0 Å². The van der Waals surface area contributed by atoms with Crippen LogP contribution in [-0.4, -0.2) is 53.2 Å². The Morgan fingerprint density at radius 2 is 2.18 bits per heavy atom. The van der Waals surface area contributed by atoms with Gasteiger partial charge in [-0.2, -0.15) is 0 Å². The maximum atomic E-state index is 12.8. The second-order valence-corrected chi connectivity index (χ2v) is 6.99. The highest BCUT2D eigenvalue weighted by Gasteiger charge is 2.42. The van der Waals surface area contributed by atoms with E-state index in [0.29, 0.717) is 49.4 Å². The van der Waals surface area contributed by atoms with E-state index in [1.165, 1.54) is 17.6 Å². The average molecular weight is 388 g/mol. The van der Waals surface area contributed by atoms with E-state index in [4.69, 9.17) is 14.7 Å². The molecule has 2 amide bonds. The highest BCUT2D eigenvalue weighted by molar-refractivity contribution is 6.01. The van der Waals surface area contributed by atoms with Crippen LogP contribution in [0.15, 0.2) is 24.3 Å². The number of carbonyl (C=O) groups excluding carboxylic acids is 3. The molecule has 1 aromatic carbocycles. The van der Waals surface area contributed by atoms with Gasteiger partial charge in [-0.3, -0.25) is 14.8 Å². The van der Waals surface area contributed by atoms with Crippen molar-refractivity contribution in [2.75, 3.05) is 19.7 Å². The second-order valence-electron chi connectivity index (χ2n) is 6.99. The van der Waals surface area contributed by atoms with E-state index in [-0.39, 0.29) is 18.3 Å². The Labute approximate surface area is 163 Å². The number of rotatable bonds is 3. The van der Waals surface area contributed by atoms with Gasteiger partial charge in [0.15, 0.2) is 5.78 Å². The summed E-state index contributed by atoms with van der Waals surface area (Å²) in [6.45, 7) is 3.18. The number of ether oxygens (including phenoxy) is 2. The van der Waals surface area contributed by atoms with Crippen molar-refractivity contribution in [3.63, 3.8) is 0 Å². The van der Waals surface area contributed by atoms with E-state index >= 15 is 0 Å². The van der Waals surface area contributed by atoms with Crippen LogP contribution in [0.4, 0.5) is 4.79 Å². The van der Waals surface area contributed by atoms with E-state index in [1.54, 1.807) is 30.0 Å². The standard InChI is InChI=1S/C20H24N2O6/c1-2-27-19(25)22-10-3-8-20(9-11-22)13-16(23)15-12-14(4-6-17(15)28-20)5-7-18(24)21-26/h4-7,12,26H,2-3,8-11,13H2,1H3,(H,21,24). The van der Waals surface area contributed by atoms with Crippen LogP contribution >= 0.6 is 0 Å². The van der Waals surface area contributed by atoms with Crippen LogP contribution in [-0.2, 0) is 9.53 Å². The van der Waals surface area contributed by atoms with Crippen LogP contribution in [0.25, 0.3) is 6.08 Å². The minimum atomic E-state index is -0.649. The summed E-state index contributed by atoms with van der Waals surface area (Å²) in [5.41, 5.74) is 2.04. The van der Waals surface area contributed by atoms with Crippen molar-refractivity contribution in [3.8, 4) is 5.75 Å². The molecule has 0 bridgehead atoms. The SMILES string of the molecule is CCOC(=O)N1CCCC2(CC1)CC(=O)c1cc(C=CC(=O)NO)ccc1O2. The molecule has 2 N–H and O–H groups in total. The van der Waals surface area contributed by atoms with Gasteiger partial charge in [0.25, 0.3) is 5.91 Å². The molecule has 0 radical (unpaired) electrons. The van der Waals surface area contributed by atoms with E-state index < -0.39 is 11.5 Å². The van der Waals surface area contributed by atoms with Gasteiger partial charge in [0, 0.05) is 25.6 Å². The Hall–Kier alpha value is -2.87. The largest absolute Gasteiger partial charge is 0.486 e. The number of hydroxylamine groups is 1. The molecule has 0 aliphatic carbocycles. The van der Waals surface area contributed by atoms with Crippen molar-refractivity contribution in [1.29, 1.82) is 0 Å². The van der Waals surface area contributed by atoms with E-state index in [2.05, 4.69) is 0 Å². The zero-order valence-electron chi connectivity index (χ0n) is 15.8. The number of hydrogen-bond acceptors (Lipinski definition) is 6. The van der Waals surface area contributed by atoms with E-state index in [9.17, 15) is 14.4 Å². The van der Waals surface area contributed by atoms with Crippen LogP contribution in [0.5, 0.6) is 5.75 Å². The smallest absolute Gasteiger partial charge is 0.409 e. The molecule has 8 nitrogen and oxygen atoms in total. The van der Waals surface area contributed by atoms with Crippen molar-refractivity contribution in [3.05, 3.63) is 35.4 Å². The van der Waals surface area contributed by atoms with Crippen LogP contribution in [0, 0.1) is 0 Å². The van der Waals surface area contributed by atoms with Crippen LogP contribution in [0.2, 0.25) is 0 Å². The third kappa shape index (κ3) is 4.33. The first-order chi connectivity index (χ1) is 13.5. The number of fused-ring (bicyclic) bond motifs is 1. The number of benzene rings is 1. The van der Waals surface area contributed by atoms with Gasteiger partial charge in [-0.1, -0.05) is 6.07 Å². The molecule has 2 aliphatic rings. The molecule has 2 aliphatic heterocycles. The number of Topliss-reactive ketones (excluding diaryl/α,β-unsaturated/α-hetero) is 1. The minimum absolute atomic E-state index is 0.0207. The molecule has 3 rings (SSSR count). The van der Waals surface area contributed by atoms with Gasteiger partial charge >= 0.3 is 6.09 Å². The van der Waals surface area contributed by atoms with Gasteiger partial charge in [0.1, 0.15) is 11.4 Å². The molecule has 1 aromatic rings. The molecule has 0 saturated carbocycles. The molecule has 1 atom stereocenters. The quantitative estimate of drug-likeness (QED) is 0.468. The first kappa shape index (κ1) is 19.9. The zero-order chi connectivity index (χ0) is 20.1. The molecule has 1 fully saturated rings. The summed E-state index contributed by atoms with van der Waals surface area (Å²) in [6.07, 6.45) is 4.59. The first-order valence-electron chi connectivity index (χ1n) is 9.36. The fourth-order valence-electron chi connectivity index (χ4n) is 3.67. The second kappa shape index (κ2) is 8.43. The van der Waals surface area contributed by atoms with Crippen molar-refractivity contribution >= 4 is 23.9 Å². The van der Waals surface area contributed by atoms with Gasteiger partial charge in [-0.25, -0.2) is 10.3 Å². The summed E-state index contributed by atoms with van der Waals surface area (Å²) in [5.74, 6) is -0.152. The Bertz CT molecular complexity index is 806. The molecule has 0 aromatic heterocycles. The van der Waals surface area contributed by atoms with Crippen LogP contribution in [0.1, 0.15) is 48.5 Å². The maximum Gasteiger partial charge on any atom is 0.409 e. The molecule has 1 spiro atoms. The first-order valence-corrected chi connectivity index (χ1v) is 9.36. The lowest BCUT2D eigenvalue weighted by Crippen LogP contribution is -2.43. The molecular weight excluding hydrogens is 364 g/mol. The van der Waals surface area contributed by atoms with Crippen LogP contribution < -0.4 is 10.2 Å². The number of ketones is 1. The Morgan fingerprint density at radius 1 is 1.36 bits per heavy atom. The molecule has 1 unspecified atom stereocenters. The fourth-order valence-corrected chi connectivity index (χ4v) is 3.67. The van der Waals surface area contributed by atoms with E-state index in [1.807, 2.05) is 0 Å². The summed E-state index contributed by atoms with van der Waals surface area (Å²) in [5, 5.41) is 8.54. The number of nitrogens with one attached hydrogen (secondary N) is 1. The predicted molar refractivity (Wildman–Crippen MR) is 100 cm³/mol. The summed E-state index contributed by atoms with van der Waals surface area (Å²) >= 11 is 0.